The molecule has 2 rings (SSSR count). The van der Waals surface area contributed by atoms with E-state index in [2.05, 4.69) is 31.0 Å². The lowest BCUT2D eigenvalue weighted by atomic mass is 10.2. The number of nitrogens with zero attached hydrogens (tertiary/aromatic N) is 3. The van der Waals surface area contributed by atoms with Crippen molar-refractivity contribution in [1.29, 1.82) is 0 Å². The molecule has 2 aromatic rings. The van der Waals surface area contributed by atoms with Gasteiger partial charge in [-0.15, -0.1) is 5.10 Å². The summed E-state index contributed by atoms with van der Waals surface area (Å²) in [5.41, 5.74) is 1.75. The second kappa shape index (κ2) is 6.13. The Labute approximate surface area is 123 Å². The highest BCUT2D eigenvalue weighted by Crippen LogP contribution is 2.20. The van der Waals surface area contributed by atoms with Crippen molar-refractivity contribution in [2.24, 2.45) is 0 Å². The first-order chi connectivity index (χ1) is 9.56. The van der Waals surface area contributed by atoms with Crippen LogP contribution in [0.4, 0.5) is 4.39 Å². The van der Waals surface area contributed by atoms with E-state index in [-0.39, 0.29) is 11.5 Å². The molecule has 7 heteroatoms. The first-order valence-corrected chi connectivity index (χ1v) is 6.80. The summed E-state index contributed by atoms with van der Waals surface area (Å²) in [5.74, 6) is -0.823. The van der Waals surface area contributed by atoms with Gasteiger partial charge in [0, 0.05) is 4.47 Å². The third-order valence-corrected chi connectivity index (χ3v) is 3.62. The van der Waals surface area contributed by atoms with Gasteiger partial charge in [-0.25, -0.2) is 13.9 Å². The van der Waals surface area contributed by atoms with Gasteiger partial charge in [-0.3, -0.25) is 0 Å². The van der Waals surface area contributed by atoms with Crippen LogP contribution in [0.15, 0.2) is 22.7 Å². The molecule has 1 aromatic heterocycles. The zero-order valence-corrected chi connectivity index (χ0v) is 12.6. The second-order valence-electron chi connectivity index (χ2n) is 4.12. The van der Waals surface area contributed by atoms with E-state index in [0.29, 0.717) is 23.1 Å². The highest BCUT2D eigenvalue weighted by molar-refractivity contribution is 9.10. The van der Waals surface area contributed by atoms with Crippen LogP contribution < -0.4 is 0 Å². The summed E-state index contributed by atoms with van der Waals surface area (Å²) in [6, 6.07) is 4.43. The SMILES string of the molecule is CCc1c(C(=O)OC)nnn1Cc1ccc(F)cc1Br. The van der Waals surface area contributed by atoms with Gasteiger partial charge in [0.1, 0.15) is 5.82 Å². The molecule has 0 aliphatic rings. The normalized spacial score (nSPS) is 10.6. The van der Waals surface area contributed by atoms with Gasteiger partial charge < -0.3 is 4.74 Å². The van der Waals surface area contributed by atoms with Crippen molar-refractivity contribution in [3.05, 3.63) is 45.4 Å². The summed E-state index contributed by atoms with van der Waals surface area (Å²) in [6.45, 7) is 2.30. The summed E-state index contributed by atoms with van der Waals surface area (Å²) in [5, 5.41) is 7.82. The summed E-state index contributed by atoms with van der Waals surface area (Å²) < 4.78 is 20.0. The van der Waals surface area contributed by atoms with Crippen LogP contribution in [-0.4, -0.2) is 28.1 Å². The first-order valence-electron chi connectivity index (χ1n) is 6.01. The average Bonchev–Trinajstić information content (AvgIpc) is 2.83. The minimum absolute atomic E-state index is 0.216. The summed E-state index contributed by atoms with van der Waals surface area (Å²) in [6.07, 6.45) is 0.593. The van der Waals surface area contributed by atoms with Crippen LogP contribution in [0.2, 0.25) is 0 Å². The van der Waals surface area contributed by atoms with Gasteiger partial charge in [0.2, 0.25) is 0 Å². The molecule has 0 unspecified atom stereocenters. The third kappa shape index (κ3) is 2.87. The molecule has 0 N–H and O–H groups in total. The topological polar surface area (TPSA) is 57.0 Å². The Morgan fingerprint density at radius 3 is 2.85 bits per heavy atom. The van der Waals surface area contributed by atoms with Crippen LogP contribution in [0, 0.1) is 5.82 Å². The summed E-state index contributed by atoms with van der Waals surface area (Å²) >= 11 is 3.31. The number of ether oxygens (including phenoxy) is 1. The molecule has 1 heterocycles. The van der Waals surface area contributed by atoms with Crippen molar-refractivity contribution in [3.8, 4) is 0 Å². The van der Waals surface area contributed by atoms with Crippen LogP contribution in [0.1, 0.15) is 28.7 Å². The maximum Gasteiger partial charge on any atom is 0.360 e. The lowest BCUT2D eigenvalue weighted by Gasteiger charge is -2.07. The minimum Gasteiger partial charge on any atom is -0.464 e. The largest absolute Gasteiger partial charge is 0.464 e. The van der Waals surface area contributed by atoms with Crippen LogP contribution in [0.25, 0.3) is 0 Å². The predicted molar refractivity (Wildman–Crippen MR) is 73.9 cm³/mol. The Morgan fingerprint density at radius 2 is 2.25 bits per heavy atom. The number of hydrogen-bond donors (Lipinski definition) is 0. The smallest absolute Gasteiger partial charge is 0.360 e. The molecule has 0 spiro atoms. The monoisotopic (exact) mass is 341 g/mol. The van der Waals surface area contributed by atoms with E-state index in [4.69, 9.17) is 0 Å². The van der Waals surface area contributed by atoms with Crippen molar-refractivity contribution < 1.29 is 13.9 Å². The molecule has 0 amide bonds. The molecule has 0 bridgehead atoms. The molecule has 0 aliphatic carbocycles. The van der Waals surface area contributed by atoms with Gasteiger partial charge in [-0.05, 0) is 24.1 Å². The molecule has 0 aliphatic heterocycles. The van der Waals surface area contributed by atoms with Crippen molar-refractivity contribution in [3.63, 3.8) is 0 Å². The fraction of sp³-hybridized carbons (Fsp3) is 0.308. The van der Waals surface area contributed by atoms with Crippen molar-refractivity contribution >= 4 is 21.9 Å². The highest BCUT2D eigenvalue weighted by Gasteiger charge is 2.19. The zero-order chi connectivity index (χ0) is 14.7. The Morgan fingerprint density at radius 1 is 1.50 bits per heavy atom. The molecule has 0 radical (unpaired) electrons. The maximum atomic E-state index is 13.1. The molecular formula is C13H13BrFN3O2. The van der Waals surface area contributed by atoms with E-state index in [9.17, 15) is 9.18 Å². The molecule has 0 atom stereocenters. The van der Waals surface area contributed by atoms with E-state index in [1.807, 2.05) is 6.92 Å². The van der Waals surface area contributed by atoms with Gasteiger partial charge in [-0.2, -0.15) is 0 Å². The quantitative estimate of drug-likeness (QED) is 0.802. The molecule has 5 nitrogen and oxygen atoms in total. The van der Waals surface area contributed by atoms with E-state index >= 15 is 0 Å². The number of carbonyl (C=O) groups excluding carboxylic acids is 1. The summed E-state index contributed by atoms with van der Waals surface area (Å²) in [4.78, 5) is 11.6. The van der Waals surface area contributed by atoms with Crippen LogP contribution >= 0.6 is 15.9 Å². The second-order valence-corrected chi connectivity index (χ2v) is 4.98. The minimum atomic E-state index is -0.508. The number of methoxy groups -OCH3 is 1. The van der Waals surface area contributed by atoms with Crippen molar-refractivity contribution in [2.75, 3.05) is 7.11 Å². The van der Waals surface area contributed by atoms with Crippen molar-refractivity contribution in [1.82, 2.24) is 15.0 Å². The molecule has 0 saturated carbocycles. The number of halogens is 2. The third-order valence-electron chi connectivity index (χ3n) is 2.89. The Hall–Kier alpha value is -1.76. The van der Waals surface area contributed by atoms with Gasteiger partial charge in [-0.1, -0.05) is 34.1 Å². The fourth-order valence-corrected chi connectivity index (χ4v) is 2.35. The lowest BCUT2D eigenvalue weighted by Crippen LogP contribution is -2.10. The number of benzene rings is 1. The van der Waals surface area contributed by atoms with E-state index < -0.39 is 5.97 Å². The number of hydrogen-bond acceptors (Lipinski definition) is 4. The van der Waals surface area contributed by atoms with E-state index in [1.54, 1.807) is 10.7 Å². The Bertz CT molecular complexity index is 643. The molecular weight excluding hydrogens is 329 g/mol. The van der Waals surface area contributed by atoms with E-state index in [1.165, 1.54) is 19.2 Å². The van der Waals surface area contributed by atoms with Crippen LogP contribution in [0.5, 0.6) is 0 Å². The van der Waals surface area contributed by atoms with Crippen LogP contribution in [-0.2, 0) is 17.7 Å². The molecule has 1 aromatic carbocycles. The standard InChI is InChI=1S/C13H13BrFN3O2/c1-3-11-12(13(19)20-2)16-17-18(11)7-8-4-5-9(15)6-10(8)14/h4-6H,3,7H2,1-2H3. The van der Waals surface area contributed by atoms with Gasteiger partial charge in [0.25, 0.3) is 0 Å². The average molecular weight is 342 g/mol. The van der Waals surface area contributed by atoms with E-state index in [0.717, 1.165) is 5.56 Å². The van der Waals surface area contributed by atoms with Crippen LogP contribution in [0.3, 0.4) is 0 Å². The number of rotatable bonds is 4. The number of esters is 1. The Balaban J connectivity index is 2.34. The maximum absolute atomic E-state index is 13.1. The number of carbonyl (C=O) groups is 1. The lowest BCUT2D eigenvalue weighted by molar-refractivity contribution is 0.0592. The van der Waals surface area contributed by atoms with Gasteiger partial charge >= 0.3 is 5.97 Å². The zero-order valence-electron chi connectivity index (χ0n) is 11.1. The van der Waals surface area contributed by atoms with Gasteiger partial charge in [0.05, 0.1) is 19.3 Å². The molecule has 0 fully saturated rings. The first kappa shape index (κ1) is 14.6. The molecule has 106 valence electrons. The predicted octanol–water partition coefficient (Wildman–Crippen LogP) is 2.58. The fourth-order valence-electron chi connectivity index (χ4n) is 1.88. The highest BCUT2D eigenvalue weighted by atomic mass is 79.9. The number of aromatic nitrogens is 3. The Kier molecular flexibility index (Phi) is 4.49. The summed E-state index contributed by atoms with van der Waals surface area (Å²) in [7, 11) is 1.30. The molecule has 20 heavy (non-hydrogen) atoms. The van der Waals surface area contributed by atoms with Crippen molar-refractivity contribution in [2.45, 2.75) is 19.9 Å². The van der Waals surface area contributed by atoms with Gasteiger partial charge in [0.15, 0.2) is 5.69 Å². The molecule has 0 saturated heterocycles.